The topological polar surface area (TPSA) is 49.4 Å². The van der Waals surface area contributed by atoms with E-state index in [1.165, 1.54) is 10.5 Å². The van der Waals surface area contributed by atoms with Gasteiger partial charge < -0.3 is 0 Å². The average molecular weight is 322 g/mol. The van der Waals surface area contributed by atoms with Gasteiger partial charge in [-0.25, -0.2) is 4.90 Å². The maximum Gasteiger partial charge on any atom is 0.251 e. The van der Waals surface area contributed by atoms with Gasteiger partial charge in [0, 0.05) is 6.04 Å². The Balaban J connectivity index is 1.74. The lowest BCUT2D eigenvalue weighted by Crippen LogP contribution is -2.39. The second-order valence-corrected chi connectivity index (χ2v) is 6.14. The number of benzene rings is 2. The third-order valence-corrected chi connectivity index (χ3v) is 4.50. The lowest BCUT2D eigenvalue weighted by Gasteiger charge is -2.19. The molecule has 1 saturated heterocycles. The lowest BCUT2D eigenvalue weighted by atomic mass is 10.1. The van der Waals surface area contributed by atoms with Gasteiger partial charge in [0.25, 0.3) is 5.91 Å². The van der Waals surface area contributed by atoms with Gasteiger partial charge in [-0.2, -0.15) is 0 Å². The Morgan fingerprint density at radius 3 is 2.38 bits per heavy atom. The molecule has 0 bridgehead atoms. The number of nitrogens with zero attached hydrogens (tertiary/aromatic N) is 1. The quantitative estimate of drug-likeness (QED) is 0.860. The predicted octanol–water partition coefficient (Wildman–Crippen LogP) is 3.23. The van der Waals surface area contributed by atoms with E-state index < -0.39 is 6.04 Å². The Labute approximate surface area is 142 Å². The normalized spacial score (nSPS) is 18.9. The Hall–Kier alpha value is -2.46. The van der Waals surface area contributed by atoms with Crippen LogP contribution in [0.25, 0.3) is 0 Å². The lowest BCUT2D eigenvalue weighted by molar-refractivity contribution is -0.121. The molecule has 1 N–H and O–H groups in total. The standard InChI is InChI=1S/C20H22N2O2/c1-3-15-9-11-17(12-10-15)22-19(23)13-18(20(22)24)21-14(2)16-7-5-4-6-8-16/h4-12,14,18,21H,3,13H2,1-2H3/t14-,18+/m0/s1. The van der Waals surface area contributed by atoms with Crippen molar-refractivity contribution in [3.8, 4) is 0 Å². The van der Waals surface area contributed by atoms with Crippen LogP contribution < -0.4 is 10.2 Å². The molecule has 2 atom stereocenters. The molecule has 1 heterocycles. The van der Waals surface area contributed by atoms with E-state index in [-0.39, 0.29) is 24.3 Å². The van der Waals surface area contributed by atoms with Gasteiger partial charge in [0.05, 0.1) is 18.2 Å². The Bertz CT molecular complexity index is 725. The average Bonchev–Trinajstić information content (AvgIpc) is 2.89. The van der Waals surface area contributed by atoms with E-state index >= 15 is 0 Å². The smallest absolute Gasteiger partial charge is 0.251 e. The van der Waals surface area contributed by atoms with Gasteiger partial charge in [-0.1, -0.05) is 49.4 Å². The van der Waals surface area contributed by atoms with Crippen LogP contribution in [0.1, 0.15) is 37.4 Å². The number of hydrogen-bond donors (Lipinski definition) is 1. The minimum Gasteiger partial charge on any atom is -0.299 e. The Morgan fingerprint density at radius 2 is 1.75 bits per heavy atom. The molecule has 2 amide bonds. The number of carbonyl (C=O) groups is 2. The van der Waals surface area contributed by atoms with E-state index in [1.54, 1.807) is 0 Å². The van der Waals surface area contributed by atoms with Crippen molar-refractivity contribution in [3.63, 3.8) is 0 Å². The van der Waals surface area contributed by atoms with E-state index in [1.807, 2.05) is 61.5 Å². The van der Waals surface area contributed by atoms with Gasteiger partial charge in [-0.05, 0) is 36.6 Å². The van der Waals surface area contributed by atoms with Crippen molar-refractivity contribution in [3.05, 3.63) is 65.7 Å². The summed E-state index contributed by atoms with van der Waals surface area (Å²) < 4.78 is 0. The monoisotopic (exact) mass is 322 g/mol. The first-order chi connectivity index (χ1) is 11.6. The fourth-order valence-corrected chi connectivity index (χ4v) is 3.05. The number of amides is 2. The number of carbonyl (C=O) groups excluding carboxylic acids is 2. The van der Waals surface area contributed by atoms with Crippen LogP contribution in [0.15, 0.2) is 54.6 Å². The van der Waals surface area contributed by atoms with Gasteiger partial charge in [0.2, 0.25) is 5.91 Å². The molecule has 4 heteroatoms. The fourth-order valence-electron chi connectivity index (χ4n) is 3.05. The molecule has 3 rings (SSSR count). The van der Waals surface area contributed by atoms with Gasteiger partial charge >= 0.3 is 0 Å². The number of anilines is 1. The van der Waals surface area contributed by atoms with Gasteiger partial charge in [0.15, 0.2) is 0 Å². The highest BCUT2D eigenvalue weighted by Crippen LogP contribution is 2.25. The maximum atomic E-state index is 12.7. The van der Waals surface area contributed by atoms with Crippen LogP contribution in [0, 0.1) is 0 Å². The summed E-state index contributed by atoms with van der Waals surface area (Å²) in [6.45, 7) is 4.08. The molecule has 2 aromatic carbocycles. The minimum absolute atomic E-state index is 0.00960. The molecule has 0 unspecified atom stereocenters. The van der Waals surface area contributed by atoms with E-state index in [0.29, 0.717) is 5.69 Å². The zero-order valence-electron chi connectivity index (χ0n) is 14.0. The van der Waals surface area contributed by atoms with E-state index in [2.05, 4.69) is 12.2 Å². The molecule has 2 aromatic rings. The minimum atomic E-state index is -0.474. The SMILES string of the molecule is CCc1ccc(N2C(=O)C[C@@H](N[C@@H](C)c3ccccc3)C2=O)cc1. The molecule has 0 aromatic heterocycles. The second-order valence-electron chi connectivity index (χ2n) is 6.14. The predicted molar refractivity (Wildman–Crippen MR) is 94.7 cm³/mol. The molecule has 1 fully saturated rings. The van der Waals surface area contributed by atoms with Gasteiger partial charge in [0.1, 0.15) is 0 Å². The van der Waals surface area contributed by atoms with Crippen molar-refractivity contribution in [1.29, 1.82) is 0 Å². The maximum absolute atomic E-state index is 12.7. The molecule has 0 spiro atoms. The number of hydrogen-bond acceptors (Lipinski definition) is 3. The van der Waals surface area contributed by atoms with Crippen molar-refractivity contribution in [2.24, 2.45) is 0 Å². The molecule has 4 nitrogen and oxygen atoms in total. The van der Waals surface area contributed by atoms with Crippen molar-refractivity contribution in [1.82, 2.24) is 5.32 Å². The van der Waals surface area contributed by atoms with Crippen LogP contribution in [0.3, 0.4) is 0 Å². The summed E-state index contributed by atoms with van der Waals surface area (Å²) in [5.74, 6) is -0.325. The summed E-state index contributed by atoms with van der Waals surface area (Å²) >= 11 is 0. The molecule has 0 saturated carbocycles. The van der Waals surface area contributed by atoms with Crippen molar-refractivity contribution < 1.29 is 9.59 Å². The molecular formula is C20H22N2O2. The molecule has 0 radical (unpaired) electrons. The first kappa shape index (κ1) is 16.4. The van der Waals surface area contributed by atoms with Crippen molar-refractivity contribution in [2.75, 3.05) is 4.90 Å². The largest absolute Gasteiger partial charge is 0.299 e. The highest BCUT2D eigenvalue weighted by Gasteiger charge is 2.39. The highest BCUT2D eigenvalue weighted by atomic mass is 16.2. The Morgan fingerprint density at radius 1 is 1.08 bits per heavy atom. The van der Waals surface area contributed by atoms with Gasteiger partial charge in [-0.15, -0.1) is 0 Å². The van der Waals surface area contributed by atoms with Crippen LogP contribution >= 0.6 is 0 Å². The summed E-state index contributed by atoms with van der Waals surface area (Å²) in [6, 6.07) is 17.1. The zero-order chi connectivity index (χ0) is 17.1. The molecule has 24 heavy (non-hydrogen) atoms. The van der Waals surface area contributed by atoms with Crippen LogP contribution in [0.4, 0.5) is 5.69 Å². The first-order valence-corrected chi connectivity index (χ1v) is 8.37. The van der Waals surface area contributed by atoms with E-state index in [4.69, 9.17) is 0 Å². The zero-order valence-corrected chi connectivity index (χ0v) is 14.0. The summed E-state index contributed by atoms with van der Waals surface area (Å²) in [7, 11) is 0. The van der Waals surface area contributed by atoms with Gasteiger partial charge in [-0.3, -0.25) is 14.9 Å². The van der Waals surface area contributed by atoms with Crippen LogP contribution in [-0.2, 0) is 16.0 Å². The van der Waals surface area contributed by atoms with Crippen molar-refractivity contribution in [2.45, 2.75) is 38.8 Å². The number of nitrogens with one attached hydrogen (secondary N) is 1. The third kappa shape index (κ3) is 3.24. The number of imide groups is 1. The molecule has 0 aliphatic carbocycles. The van der Waals surface area contributed by atoms with Crippen molar-refractivity contribution >= 4 is 17.5 Å². The van der Waals surface area contributed by atoms with E-state index in [0.717, 1.165) is 12.0 Å². The Kier molecular flexibility index (Phi) is 4.76. The number of rotatable bonds is 5. The van der Waals surface area contributed by atoms with E-state index in [9.17, 15) is 9.59 Å². The second kappa shape index (κ2) is 6.97. The molecule has 1 aliphatic rings. The third-order valence-electron chi connectivity index (χ3n) is 4.50. The molecule has 1 aliphatic heterocycles. The highest BCUT2D eigenvalue weighted by molar-refractivity contribution is 6.22. The molecule has 124 valence electrons. The molecular weight excluding hydrogens is 300 g/mol. The summed E-state index contributed by atoms with van der Waals surface area (Å²) in [5.41, 5.74) is 2.94. The van der Waals surface area contributed by atoms with Crippen LogP contribution in [0.2, 0.25) is 0 Å². The first-order valence-electron chi connectivity index (χ1n) is 8.37. The number of aryl methyl sites for hydroxylation is 1. The van der Waals surface area contributed by atoms with Crippen LogP contribution in [0.5, 0.6) is 0 Å². The fraction of sp³-hybridized carbons (Fsp3) is 0.300. The van der Waals surface area contributed by atoms with Crippen LogP contribution in [-0.4, -0.2) is 17.9 Å². The summed E-state index contributed by atoms with van der Waals surface area (Å²) in [4.78, 5) is 26.3. The summed E-state index contributed by atoms with van der Waals surface area (Å²) in [6.07, 6.45) is 1.13. The summed E-state index contributed by atoms with van der Waals surface area (Å²) in [5, 5.41) is 3.29.